The number of rotatable bonds is 4. The third-order valence-corrected chi connectivity index (χ3v) is 5.00. The van der Waals surface area contributed by atoms with Gasteiger partial charge in [0.05, 0.1) is 5.92 Å². The Morgan fingerprint density at radius 3 is 3.08 bits per heavy atom. The molecule has 0 aromatic heterocycles. The molecule has 1 atom stereocenters. The molecule has 3 rings (SSSR count). The number of fused-ring (bicyclic) bond motifs is 1. The summed E-state index contributed by atoms with van der Waals surface area (Å²) in [6.45, 7) is 3.21. The maximum atomic E-state index is 12.3. The van der Waals surface area contributed by atoms with Crippen molar-refractivity contribution in [3.8, 4) is 5.75 Å². The molecule has 0 radical (unpaired) electrons. The zero-order valence-corrected chi connectivity index (χ0v) is 15.2. The van der Waals surface area contributed by atoms with Crippen LogP contribution in [0.15, 0.2) is 18.2 Å². The molecule has 1 saturated heterocycles. The second-order valence-electron chi connectivity index (χ2n) is 6.75. The number of benzene rings is 1. The third-order valence-electron chi connectivity index (χ3n) is 4.76. The van der Waals surface area contributed by atoms with E-state index < -0.39 is 0 Å². The molecule has 1 aromatic carbocycles. The highest BCUT2D eigenvalue weighted by molar-refractivity contribution is 6.30. The maximum Gasteiger partial charge on any atom is 0.260 e. The Morgan fingerprint density at radius 2 is 2.28 bits per heavy atom. The van der Waals surface area contributed by atoms with Gasteiger partial charge in [-0.3, -0.25) is 9.59 Å². The van der Waals surface area contributed by atoms with Crippen LogP contribution in [-0.4, -0.2) is 61.4 Å². The van der Waals surface area contributed by atoms with E-state index in [0.29, 0.717) is 30.4 Å². The Hall–Kier alpha value is -1.79. The predicted molar refractivity (Wildman–Crippen MR) is 95.6 cm³/mol. The van der Waals surface area contributed by atoms with Crippen LogP contribution in [0.5, 0.6) is 5.75 Å². The minimum atomic E-state index is -0.0843. The van der Waals surface area contributed by atoms with Crippen LogP contribution < -0.4 is 10.1 Å². The van der Waals surface area contributed by atoms with Gasteiger partial charge in [-0.05, 0) is 44.6 Å². The number of nitrogens with zero attached hydrogens (tertiary/aromatic N) is 2. The van der Waals surface area contributed by atoms with E-state index in [4.69, 9.17) is 16.3 Å². The smallest absolute Gasteiger partial charge is 0.260 e. The van der Waals surface area contributed by atoms with Crippen LogP contribution in [0, 0.1) is 5.92 Å². The Kier molecular flexibility index (Phi) is 5.81. The number of ether oxygens (including phenoxy) is 1. The van der Waals surface area contributed by atoms with Crippen molar-refractivity contribution in [2.24, 2.45) is 5.92 Å². The van der Waals surface area contributed by atoms with Crippen LogP contribution in [0.4, 0.5) is 0 Å². The van der Waals surface area contributed by atoms with Crippen molar-refractivity contribution in [1.82, 2.24) is 15.1 Å². The van der Waals surface area contributed by atoms with E-state index in [-0.39, 0.29) is 24.3 Å². The second kappa shape index (κ2) is 8.06. The van der Waals surface area contributed by atoms with Crippen molar-refractivity contribution in [3.63, 3.8) is 0 Å². The molecule has 2 amide bonds. The first kappa shape index (κ1) is 18.0. The van der Waals surface area contributed by atoms with Gasteiger partial charge in [0, 0.05) is 36.8 Å². The molecule has 1 fully saturated rings. The number of carbonyl (C=O) groups is 2. The van der Waals surface area contributed by atoms with E-state index in [1.54, 1.807) is 17.0 Å². The molecule has 1 aromatic rings. The van der Waals surface area contributed by atoms with Gasteiger partial charge in [0.15, 0.2) is 6.61 Å². The third kappa shape index (κ3) is 4.64. The zero-order valence-electron chi connectivity index (χ0n) is 14.5. The van der Waals surface area contributed by atoms with Crippen molar-refractivity contribution in [2.45, 2.75) is 19.4 Å². The summed E-state index contributed by atoms with van der Waals surface area (Å²) in [7, 11) is 2.04. The number of carbonyl (C=O) groups excluding carboxylic acids is 2. The molecule has 0 bridgehead atoms. The Labute approximate surface area is 153 Å². The highest BCUT2D eigenvalue weighted by atomic mass is 35.5. The molecule has 0 spiro atoms. The largest absolute Gasteiger partial charge is 0.483 e. The number of hydrogen-bond donors (Lipinski definition) is 1. The summed E-state index contributed by atoms with van der Waals surface area (Å²) in [6.07, 6.45) is 1.98. The van der Waals surface area contributed by atoms with E-state index in [2.05, 4.69) is 10.2 Å². The van der Waals surface area contributed by atoms with Gasteiger partial charge in [-0.2, -0.15) is 0 Å². The van der Waals surface area contributed by atoms with Crippen LogP contribution >= 0.6 is 11.6 Å². The van der Waals surface area contributed by atoms with Gasteiger partial charge in [0.25, 0.3) is 5.91 Å². The quantitative estimate of drug-likeness (QED) is 0.878. The van der Waals surface area contributed by atoms with E-state index >= 15 is 0 Å². The lowest BCUT2D eigenvalue weighted by Gasteiger charge is -2.29. The highest BCUT2D eigenvalue weighted by Gasteiger charge is 2.25. The lowest BCUT2D eigenvalue weighted by Crippen LogP contribution is -2.44. The highest BCUT2D eigenvalue weighted by Crippen LogP contribution is 2.26. The van der Waals surface area contributed by atoms with Crippen molar-refractivity contribution in [3.05, 3.63) is 28.8 Å². The van der Waals surface area contributed by atoms with Gasteiger partial charge in [-0.15, -0.1) is 0 Å². The summed E-state index contributed by atoms with van der Waals surface area (Å²) in [5, 5.41) is 3.59. The lowest BCUT2D eigenvalue weighted by atomic mass is 9.98. The minimum absolute atomic E-state index is 0.00992. The molecule has 2 heterocycles. The molecule has 1 N–H and O–H groups in total. The van der Waals surface area contributed by atoms with Crippen molar-refractivity contribution in [1.29, 1.82) is 0 Å². The van der Waals surface area contributed by atoms with E-state index in [1.807, 2.05) is 13.1 Å². The van der Waals surface area contributed by atoms with Crippen LogP contribution in [0.25, 0.3) is 0 Å². The monoisotopic (exact) mass is 365 g/mol. The maximum absolute atomic E-state index is 12.3. The molecule has 136 valence electrons. The average molecular weight is 366 g/mol. The summed E-state index contributed by atoms with van der Waals surface area (Å²) in [6, 6.07) is 5.36. The standard InChI is InChI=1S/C18H24ClN3O3/c1-21-7-2-3-13(10-21)18(24)20-6-8-22-11-14-9-15(19)4-5-16(14)25-12-17(22)23/h4-5,9,13H,2-3,6-8,10-12H2,1H3,(H,20,24)/t13-/m1/s1. The van der Waals surface area contributed by atoms with Crippen LogP contribution in [0.3, 0.4) is 0 Å². The first-order valence-corrected chi connectivity index (χ1v) is 9.06. The van der Waals surface area contributed by atoms with Gasteiger partial charge in [-0.25, -0.2) is 0 Å². The molecule has 0 aliphatic carbocycles. The van der Waals surface area contributed by atoms with Crippen LogP contribution in [0.2, 0.25) is 5.02 Å². The first-order valence-electron chi connectivity index (χ1n) is 8.68. The number of nitrogens with one attached hydrogen (secondary N) is 1. The average Bonchev–Trinajstić information content (AvgIpc) is 2.74. The molecule has 7 heteroatoms. The number of piperidine rings is 1. The van der Waals surface area contributed by atoms with Gasteiger partial charge < -0.3 is 19.9 Å². The molecule has 0 unspecified atom stereocenters. The molecular formula is C18H24ClN3O3. The van der Waals surface area contributed by atoms with Gasteiger partial charge >= 0.3 is 0 Å². The van der Waals surface area contributed by atoms with Crippen molar-refractivity contribution in [2.75, 3.05) is 39.8 Å². The number of halogens is 1. The normalized spacial score (nSPS) is 21.3. The van der Waals surface area contributed by atoms with Crippen molar-refractivity contribution >= 4 is 23.4 Å². The van der Waals surface area contributed by atoms with E-state index in [0.717, 1.165) is 31.5 Å². The fraction of sp³-hybridized carbons (Fsp3) is 0.556. The molecule has 2 aliphatic heterocycles. The Morgan fingerprint density at radius 1 is 1.44 bits per heavy atom. The lowest BCUT2D eigenvalue weighted by molar-refractivity contribution is -0.134. The number of amides is 2. The molecule has 0 saturated carbocycles. The molecule has 25 heavy (non-hydrogen) atoms. The van der Waals surface area contributed by atoms with Gasteiger partial charge in [0.2, 0.25) is 5.91 Å². The van der Waals surface area contributed by atoms with Crippen LogP contribution in [-0.2, 0) is 16.1 Å². The summed E-state index contributed by atoms with van der Waals surface area (Å²) < 4.78 is 5.54. The zero-order chi connectivity index (χ0) is 17.8. The molecule has 2 aliphatic rings. The second-order valence-corrected chi connectivity index (χ2v) is 7.18. The molecular weight excluding hydrogens is 342 g/mol. The summed E-state index contributed by atoms with van der Waals surface area (Å²) >= 11 is 6.04. The predicted octanol–water partition coefficient (Wildman–Crippen LogP) is 1.52. The fourth-order valence-electron chi connectivity index (χ4n) is 3.38. The van der Waals surface area contributed by atoms with E-state index in [9.17, 15) is 9.59 Å². The van der Waals surface area contributed by atoms with Crippen LogP contribution in [0.1, 0.15) is 18.4 Å². The summed E-state index contributed by atoms with van der Waals surface area (Å²) in [5.74, 6) is 0.725. The van der Waals surface area contributed by atoms with Gasteiger partial charge in [-0.1, -0.05) is 11.6 Å². The first-order chi connectivity index (χ1) is 12.0. The number of likely N-dealkylation sites (tertiary alicyclic amines) is 1. The molecule has 6 nitrogen and oxygen atoms in total. The Balaban J connectivity index is 1.53. The van der Waals surface area contributed by atoms with Crippen molar-refractivity contribution < 1.29 is 14.3 Å². The summed E-state index contributed by atoms with van der Waals surface area (Å²) in [4.78, 5) is 28.4. The number of hydrogen-bond acceptors (Lipinski definition) is 4. The summed E-state index contributed by atoms with van der Waals surface area (Å²) in [5.41, 5.74) is 0.888. The SMILES string of the molecule is CN1CCC[C@@H](C(=O)NCCN2Cc3cc(Cl)ccc3OCC2=O)C1. The Bertz CT molecular complexity index is 652. The fourth-order valence-corrected chi connectivity index (χ4v) is 3.57. The van der Waals surface area contributed by atoms with E-state index in [1.165, 1.54) is 0 Å². The topological polar surface area (TPSA) is 61.9 Å². The van der Waals surface area contributed by atoms with Gasteiger partial charge in [0.1, 0.15) is 5.75 Å². The minimum Gasteiger partial charge on any atom is -0.483 e.